The maximum atomic E-state index is 12.2. The lowest BCUT2D eigenvalue weighted by Crippen LogP contribution is -2.28. The highest BCUT2D eigenvalue weighted by Crippen LogP contribution is 2.34. The van der Waals surface area contributed by atoms with Crippen LogP contribution in [0.25, 0.3) is 0 Å². The smallest absolute Gasteiger partial charge is 0.210 e. The van der Waals surface area contributed by atoms with Gasteiger partial charge in [0.15, 0.2) is 6.10 Å². The molecule has 0 aromatic heterocycles. The third-order valence-electron chi connectivity index (χ3n) is 3.41. The summed E-state index contributed by atoms with van der Waals surface area (Å²) in [5, 5.41) is 10.3. The van der Waals surface area contributed by atoms with Gasteiger partial charge in [-0.2, -0.15) is 0 Å². The van der Waals surface area contributed by atoms with E-state index in [4.69, 9.17) is 9.47 Å². The zero-order valence-corrected chi connectivity index (χ0v) is 10.9. The summed E-state index contributed by atoms with van der Waals surface area (Å²) in [6.07, 6.45) is -1.89. The van der Waals surface area contributed by atoms with Gasteiger partial charge in [0, 0.05) is 0 Å². The lowest BCUT2D eigenvalue weighted by Gasteiger charge is -2.17. The monoisotopic (exact) mass is 270 g/mol. The number of rotatable bonds is 3. The number of hydrogen-bond acceptors (Lipinski definition) is 4. The molecule has 0 unspecified atom stereocenters. The van der Waals surface area contributed by atoms with Crippen molar-refractivity contribution in [2.24, 2.45) is 0 Å². The van der Waals surface area contributed by atoms with E-state index in [1.165, 1.54) is 0 Å². The van der Waals surface area contributed by atoms with E-state index in [1.54, 1.807) is 55.6 Å². The van der Waals surface area contributed by atoms with E-state index in [-0.39, 0.29) is 5.78 Å². The molecule has 0 saturated heterocycles. The van der Waals surface area contributed by atoms with Gasteiger partial charge in [0.25, 0.3) is 0 Å². The van der Waals surface area contributed by atoms with Crippen LogP contribution in [0.15, 0.2) is 48.5 Å². The van der Waals surface area contributed by atoms with Gasteiger partial charge >= 0.3 is 0 Å². The highest BCUT2D eigenvalue weighted by atomic mass is 16.5. The number of para-hydroxylation sites is 1. The van der Waals surface area contributed by atoms with Crippen molar-refractivity contribution in [2.75, 3.05) is 7.11 Å². The first-order chi connectivity index (χ1) is 9.70. The molecule has 102 valence electrons. The number of fused-ring (bicyclic) bond motifs is 1. The van der Waals surface area contributed by atoms with Gasteiger partial charge in [0.1, 0.15) is 17.6 Å². The summed E-state index contributed by atoms with van der Waals surface area (Å²) < 4.78 is 10.6. The van der Waals surface area contributed by atoms with Crippen LogP contribution in [0.5, 0.6) is 11.5 Å². The minimum atomic E-state index is -0.999. The number of aliphatic hydroxyl groups excluding tert-OH is 1. The highest BCUT2D eigenvalue weighted by molar-refractivity contribution is 6.04. The lowest BCUT2D eigenvalue weighted by molar-refractivity contribution is 0.0407. The Hall–Kier alpha value is -2.33. The van der Waals surface area contributed by atoms with Gasteiger partial charge in [-0.1, -0.05) is 24.3 Å². The molecule has 1 N–H and O–H groups in total. The topological polar surface area (TPSA) is 55.8 Å². The maximum absolute atomic E-state index is 12.2. The van der Waals surface area contributed by atoms with Gasteiger partial charge in [0.2, 0.25) is 5.78 Å². The molecule has 4 nitrogen and oxygen atoms in total. The summed E-state index contributed by atoms with van der Waals surface area (Å²) in [5.74, 6) is 1.03. The molecule has 0 fully saturated rings. The van der Waals surface area contributed by atoms with E-state index in [2.05, 4.69) is 0 Å². The Kier molecular flexibility index (Phi) is 3.16. The van der Waals surface area contributed by atoms with Crippen molar-refractivity contribution in [3.05, 3.63) is 59.7 Å². The predicted octanol–water partition coefficient (Wildman–Crippen LogP) is 2.37. The van der Waals surface area contributed by atoms with Gasteiger partial charge in [-0.25, -0.2) is 0 Å². The molecule has 2 aromatic rings. The third kappa shape index (κ3) is 2.04. The number of benzene rings is 2. The molecule has 0 amide bonds. The number of Topliss-reactive ketones (excluding diaryl/α,β-unsaturated/α-hetero) is 1. The lowest BCUT2D eigenvalue weighted by atomic mass is 9.99. The Morgan fingerprint density at radius 3 is 2.50 bits per heavy atom. The number of methoxy groups -OCH3 is 1. The van der Waals surface area contributed by atoms with Gasteiger partial charge in [-0.15, -0.1) is 0 Å². The predicted molar refractivity (Wildman–Crippen MR) is 73.1 cm³/mol. The van der Waals surface area contributed by atoms with E-state index in [0.717, 1.165) is 0 Å². The van der Waals surface area contributed by atoms with E-state index in [9.17, 15) is 9.90 Å². The molecule has 3 rings (SSSR count). The third-order valence-corrected chi connectivity index (χ3v) is 3.41. The Labute approximate surface area is 116 Å². The minimum absolute atomic E-state index is 0.191. The minimum Gasteiger partial charge on any atom is -0.497 e. The first-order valence-corrected chi connectivity index (χ1v) is 6.32. The molecule has 0 saturated carbocycles. The normalized spacial score (nSPS) is 18.3. The molecule has 0 aliphatic carbocycles. The molecule has 1 heterocycles. The molecule has 2 atom stereocenters. The van der Waals surface area contributed by atoms with E-state index < -0.39 is 12.2 Å². The standard InChI is InChI=1S/C16H14O4/c1-19-11-8-6-10(7-9-11)14(17)16-15(18)12-4-2-3-5-13(12)20-16/h2-9,14,16-17H,1H3/t14-,16+/m0/s1. The number of carbonyl (C=O) groups excluding carboxylic acids is 1. The van der Waals surface area contributed by atoms with Crippen LogP contribution in [0, 0.1) is 0 Å². The van der Waals surface area contributed by atoms with Crippen LogP contribution in [-0.2, 0) is 0 Å². The molecule has 4 heteroatoms. The summed E-state index contributed by atoms with van der Waals surface area (Å²) >= 11 is 0. The van der Waals surface area contributed by atoms with Crippen LogP contribution in [0.1, 0.15) is 22.0 Å². The van der Waals surface area contributed by atoms with Crippen molar-refractivity contribution in [2.45, 2.75) is 12.2 Å². The first kappa shape index (κ1) is 12.7. The van der Waals surface area contributed by atoms with Crippen LogP contribution in [0.4, 0.5) is 0 Å². The Morgan fingerprint density at radius 1 is 1.15 bits per heavy atom. The van der Waals surface area contributed by atoms with Crippen molar-refractivity contribution in [3.8, 4) is 11.5 Å². The molecular weight excluding hydrogens is 256 g/mol. The van der Waals surface area contributed by atoms with Gasteiger partial charge in [0.05, 0.1) is 12.7 Å². The second kappa shape index (κ2) is 4.98. The number of aliphatic hydroxyl groups is 1. The van der Waals surface area contributed by atoms with Crippen LogP contribution >= 0.6 is 0 Å². The fourth-order valence-corrected chi connectivity index (χ4v) is 2.30. The Balaban J connectivity index is 1.85. The molecule has 1 aliphatic rings. The van der Waals surface area contributed by atoms with Crippen molar-refractivity contribution in [1.29, 1.82) is 0 Å². The van der Waals surface area contributed by atoms with E-state index in [0.29, 0.717) is 22.6 Å². The largest absolute Gasteiger partial charge is 0.497 e. The first-order valence-electron chi connectivity index (χ1n) is 6.32. The van der Waals surface area contributed by atoms with Crippen LogP contribution in [0.3, 0.4) is 0 Å². The molecular formula is C16H14O4. The van der Waals surface area contributed by atoms with Gasteiger partial charge in [-0.05, 0) is 29.8 Å². The van der Waals surface area contributed by atoms with Crippen LogP contribution < -0.4 is 9.47 Å². The molecule has 0 spiro atoms. The van der Waals surface area contributed by atoms with Gasteiger partial charge < -0.3 is 14.6 Å². The highest BCUT2D eigenvalue weighted by Gasteiger charge is 2.38. The van der Waals surface area contributed by atoms with Crippen molar-refractivity contribution in [3.63, 3.8) is 0 Å². The summed E-state index contributed by atoms with van der Waals surface area (Å²) in [6.45, 7) is 0. The summed E-state index contributed by atoms with van der Waals surface area (Å²) in [7, 11) is 1.58. The maximum Gasteiger partial charge on any atom is 0.210 e. The van der Waals surface area contributed by atoms with Crippen LogP contribution in [-0.4, -0.2) is 24.1 Å². The summed E-state index contributed by atoms with van der Waals surface area (Å²) in [5.41, 5.74) is 1.14. The Bertz CT molecular complexity index is 633. The van der Waals surface area contributed by atoms with E-state index in [1.807, 2.05) is 0 Å². The quantitative estimate of drug-likeness (QED) is 0.930. The van der Waals surface area contributed by atoms with Crippen LogP contribution in [0.2, 0.25) is 0 Å². The number of ketones is 1. The average molecular weight is 270 g/mol. The molecule has 2 aromatic carbocycles. The van der Waals surface area contributed by atoms with Crippen molar-refractivity contribution in [1.82, 2.24) is 0 Å². The molecule has 0 bridgehead atoms. The fourth-order valence-electron chi connectivity index (χ4n) is 2.30. The zero-order chi connectivity index (χ0) is 14.1. The van der Waals surface area contributed by atoms with Gasteiger partial charge in [-0.3, -0.25) is 4.79 Å². The van der Waals surface area contributed by atoms with E-state index >= 15 is 0 Å². The number of carbonyl (C=O) groups is 1. The summed E-state index contributed by atoms with van der Waals surface area (Å²) in [6, 6.07) is 13.9. The van der Waals surface area contributed by atoms with Crippen molar-refractivity contribution < 1.29 is 19.4 Å². The number of hydrogen-bond donors (Lipinski definition) is 1. The SMILES string of the molecule is COc1ccc([C@H](O)[C@H]2Oc3ccccc3C2=O)cc1. The fraction of sp³-hybridized carbons (Fsp3) is 0.188. The summed E-state index contributed by atoms with van der Waals surface area (Å²) in [4.78, 5) is 12.2. The molecule has 0 radical (unpaired) electrons. The Morgan fingerprint density at radius 2 is 1.85 bits per heavy atom. The molecule has 20 heavy (non-hydrogen) atoms. The zero-order valence-electron chi connectivity index (χ0n) is 10.9. The second-order valence-corrected chi connectivity index (χ2v) is 4.62. The second-order valence-electron chi connectivity index (χ2n) is 4.62. The number of ether oxygens (including phenoxy) is 2. The molecule has 1 aliphatic heterocycles. The van der Waals surface area contributed by atoms with Crippen molar-refractivity contribution >= 4 is 5.78 Å². The average Bonchev–Trinajstić information content (AvgIpc) is 2.84.